The van der Waals surface area contributed by atoms with E-state index in [1.54, 1.807) is 31.2 Å². The molecule has 10 heteroatoms. The number of rotatable bonds is 6. The standard InChI is InChI=1S/C17H16N2O6S2/c1-3-25-16(20)12-9-10-5-4-6-11(14(10)18-12)19-27(22,23)13-7-8-26-15(13)17(21)24-2/h4-9,18-19H,3H2,1-2H3. The number of hydrogen-bond acceptors (Lipinski definition) is 7. The lowest BCUT2D eigenvalue weighted by molar-refractivity contribution is 0.0519. The molecule has 0 aliphatic heterocycles. The van der Waals surface area contributed by atoms with Gasteiger partial charge in [-0.15, -0.1) is 11.3 Å². The third-order valence-corrected chi connectivity index (χ3v) is 6.12. The van der Waals surface area contributed by atoms with Crippen LogP contribution in [0.25, 0.3) is 10.9 Å². The van der Waals surface area contributed by atoms with Gasteiger partial charge in [-0.25, -0.2) is 18.0 Å². The van der Waals surface area contributed by atoms with Crippen molar-refractivity contribution in [3.8, 4) is 0 Å². The first-order valence-electron chi connectivity index (χ1n) is 7.85. The van der Waals surface area contributed by atoms with Crippen LogP contribution in [0.4, 0.5) is 5.69 Å². The Hall–Kier alpha value is -2.85. The molecule has 0 amide bonds. The first kappa shape index (κ1) is 18.9. The molecule has 0 saturated heterocycles. The highest BCUT2D eigenvalue weighted by molar-refractivity contribution is 7.93. The Morgan fingerprint density at radius 1 is 1.22 bits per heavy atom. The third-order valence-electron chi connectivity index (χ3n) is 3.69. The van der Waals surface area contributed by atoms with Gasteiger partial charge in [0.05, 0.1) is 24.9 Å². The predicted molar refractivity (Wildman–Crippen MR) is 101 cm³/mol. The largest absolute Gasteiger partial charge is 0.465 e. The van der Waals surface area contributed by atoms with Crippen molar-refractivity contribution in [3.05, 3.63) is 46.3 Å². The van der Waals surface area contributed by atoms with Crippen molar-refractivity contribution in [2.75, 3.05) is 18.4 Å². The van der Waals surface area contributed by atoms with Gasteiger partial charge in [-0.3, -0.25) is 4.72 Å². The van der Waals surface area contributed by atoms with Gasteiger partial charge in [0.1, 0.15) is 15.5 Å². The molecule has 142 valence electrons. The minimum Gasteiger partial charge on any atom is -0.465 e. The van der Waals surface area contributed by atoms with Crippen LogP contribution in [0.3, 0.4) is 0 Å². The fraction of sp³-hybridized carbons (Fsp3) is 0.176. The molecule has 2 N–H and O–H groups in total. The molecule has 0 saturated carbocycles. The van der Waals surface area contributed by atoms with Gasteiger partial charge >= 0.3 is 11.9 Å². The van der Waals surface area contributed by atoms with Crippen molar-refractivity contribution in [1.82, 2.24) is 4.98 Å². The summed E-state index contributed by atoms with van der Waals surface area (Å²) in [6.07, 6.45) is 0. The molecule has 0 unspecified atom stereocenters. The van der Waals surface area contributed by atoms with Crippen LogP contribution < -0.4 is 4.72 Å². The summed E-state index contributed by atoms with van der Waals surface area (Å²) in [5.41, 5.74) is 0.883. The number of hydrogen-bond donors (Lipinski definition) is 2. The minimum absolute atomic E-state index is 0.0177. The maximum Gasteiger partial charge on any atom is 0.354 e. The smallest absolute Gasteiger partial charge is 0.354 e. The van der Waals surface area contributed by atoms with Gasteiger partial charge < -0.3 is 14.5 Å². The van der Waals surface area contributed by atoms with Crippen LogP contribution in [0, 0.1) is 0 Å². The molecule has 0 bridgehead atoms. The molecule has 0 fully saturated rings. The van der Waals surface area contributed by atoms with Crippen LogP contribution in [0.1, 0.15) is 27.1 Å². The van der Waals surface area contributed by atoms with Crippen molar-refractivity contribution in [3.63, 3.8) is 0 Å². The van der Waals surface area contributed by atoms with Crippen molar-refractivity contribution in [2.45, 2.75) is 11.8 Å². The first-order valence-corrected chi connectivity index (χ1v) is 10.2. The fourth-order valence-electron chi connectivity index (χ4n) is 2.51. The molecule has 2 aromatic heterocycles. The van der Waals surface area contributed by atoms with E-state index >= 15 is 0 Å². The number of para-hydroxylation sites is 1. The molecule has 0 radical (unpaired) electrons. The number of anilines is 1. The number of carbonyl (C=O) groups excluding carboxylic acids is 2. The zero-order valence-electron chi connectivity index (χ0n) is 14.4. The number of H-pyrrole nitrogens is 1. The lowest BCUT2D eigenvalue weighted by atomic mass is 10.2. The van der Waals surface area contributed by atoms with Crippen LogP contribution >= 0.6 is 11.3 Å². The van der Waals surface area contributed by atoms with E-state index in [2.05, 4.69) is 14.4 Å². The SMILES string of the molecule is CCOC(=O)c1cc2cccc(NS(=O)(=O)c3ccsc3C(=O)OC)c2[nH]1. The number of esters is 2. The number of benzene rings is 1. The molecule has 8 nitrogen and oxygen atoms in total. The Labute approximate surface area is 159 Å². The normalized spacial score (nSPS) is 11.3. The van der Waals surface area contributed by atoms with Gasteiger partial charge in [0.25, 0.3) is 10.0 Å². The summed E-state index contributed by atoms with van der Waals surface area (Å²) >= 11 is 0.974. The number of methoxy groups -OCH3 is 1. The Morgan fingerprint density at radius 3 is 2.70 bits per heavy atom. The lowest BCUT2D eigenvalue weighted by Gasteiger charge is -2.09. The zero-order chi connectivity index (χ0) is 19.6. The highest BCUT2D eigenvalue weighted by atomic mass is 32.2. The topological polar surface area (TPSA) is 115 Å². The molecule has 0 atom stereocenters. The maximum atomic E-state index is 12.8. The van der Waals surface area contributed by atoms with Gasteiger partial charge in [0.2, 0.25) is 0 Å². The van der Waals surface area contributed by atoms with Crippen molar-refractivity contribution < 1.29 is 27.5 Å². The Bertz CT molecular complexity index is 1110. The van der Waals surface area contributed by atoms with Gasteiger partial charge in [-0.05, 0) is 30.5 Å². The number of thiophene rings is 1. The minimum atomic E-state index is -4.05. The second-order valence-corrected chi connectivity index (χ2v) is 7.95. The summed E-state index contributed by atoms with van der Waals surface area (Å²) < 4.78 is 37.6. The summed E-state index contributed by atoms with van der Waals surface area (Å²) in [7, 11) is -2.86. The fourth-order valence-corrected chi connectivity index (χ4v) is 4.92. The van der Waals surface area contributed by atoms with Gasteiger partial charge in [0.15, 0.2) is 0 Å². The number of fused-ring (bicyclic) bond motifs is 1. The van der Waals surface area contributed by atoms with E-state index in [9.17, 15) is 18.0 Å². The van der Waals surface area contributed by atoms with E-state index in [-0.39, 0.29) is 27.8 Å². The number of ether oxygens (including phenoxy) is 2. The number of carbonyl (C=O) groups is 2. The monoisotopic (exact) mass is 408 g/mol. The van der Waals surface area contributed by atoms with E-state index in [1.807, 2.05) is 0 Å². The predicted octanol–water partition coefficient (Wildman–Crippen LogP) is 2.99. The molecule has 3 aromatic rings. The first-order chi connectivity index (χ1) is 12.9. The molecule has 0 aliphatic carbocycles. The number of sulfonamides is 1. The van der Waals surface area contributed by atoms with Gasteiger partial charge in [0, 0.05) is 5.39 Å². The number of aromatic amines is 1. The van der Waals surface area contributed by atoms with E-state index in [1.165, 1.54) is 18.6 Å². The summed E-state index contributed by atoms with van der Waals surface area (Å²) in [5, 5.41) is 2.13. The molecule has 2 heterocycles. The number of aromatic nitrogens is 1. The summed E-state index contributed by atoms with van der Waals surface area (Å²) in [5.74, 6) is -1.26. The van der Waals surface area contributed by atoms with Crippen molar-refractivity contribution >= 4 is 49.9 Å². The molecular formula is C17H16N2O6S2. The summed E-state index contributed by atoms with van der Waals surface area (Å²) in [6.45, 7) is 1.92. The van der Waals surface area contributed by atoms with Crippen LogP contribution in [0.2, 0.25) is 0 Å². The van der Waals surface area contributed by atoms with Crippen LogP contribution in [-0.2, 0) is 19.5 Å². The number of nitrogens with one attached hydrogen (secondary N) is 2. The van der Waals surface area contributed by atoms with Gasteiger partial charge in [-0.2, -0.15) is 0 Å². The molecule has 3 rings (SSSR count). The van der Waals surface area contributed by atoms with Crippen LogP contribution in [-0.4, -0.2) is 39.1 Å². The van der Waals surface area contributed by atoms with E-state index < -0.39 is 22.0 Å². The summed E-state index contributed by atoms with van der Waals surface area (Å²) in [4.78, 5) is 26.4. The zero-order valence-corrected chi connectivity index (χ0v) is 16.1. The lowest BCUT2D eigenvalue weighted by Crippen LogP contribution is -2.16. The highest BCUT2D eigenvalue weighted by Crippen LogP contribution is 2.29. The quantitative estimate of drug-likeness (QED) is 0.606. The maximum absolute atomic E-state index is 12.8. The Morgan fingerprint density at radius 2 is 2.00 bits per heavy atom. The molecule has 1 aromatic carbocycles. The van der Waals surface area contributed by atoms with Crippen molar-refractivity contribution in [2.24, 2.45) is 0 Å². The second-order valence-electron chi connectivity index (χ2n) is 5.38. The third kappa shape index (κ3) is 3.67. The second kappa shape index (κ2) is 7.41. The average molecular weight is 408 g/mol. The van der Waals surface area contributed by atoms with Gasteiger partial charge in [-0.1, -0.05) is 12.1 Å². The van der Waals surface area contributed by atoms with E-state index in [4.69, 9.17) is 4.74 Å². The van der Waals surface area contributed by atoms with E-state index in [0.29, 0.717) is 10.9 Å². The van der Waals surface area contributed by atoms with Crippen LogP contribution in [0.5, 0.6) is 0 Å². The molecular weight excluding hydrogens is 392 g/mol. The van der Waals surface area contributed by atoms with E-state index in [0.717, 1.165) is 11.3 Å². The highest BCUT2D eigenvalue weighted by Gasteiger charge is 2.25. The molecule has 0 aliphatic rings. The summed E-state index contributed by atoms with van der Waals surface area (Å²) in [6, 6.07) is 7.85. The Balaban J connectivity index is 2.00. The van der Waals surface area contributed by atoms with Crippen molar-refractivity contribution in [1.29, 1.82) is 0 Å². The Kier molecular flexibility index (Phi) is 5.19. The molecule has 27 heavy (non-hydrogen) atoms. The molecule has 0 spiro atoms. The average Bonchev–Trinajstić information content (AvgIpc) is 3.29. The van der Waals surface area contributed by atoms with Crippen LogP contribution in [0.15, 0.2) is 40.6 Å².